The number of hydrogen-bond acceptors (Lipinski definition) is 5. The molecule has 0 unspecified atom stereocenters. The summed E-state index contributed by atoms with van der Waals surface area (Å²) in [5.74, 6) is -1.80. The summed E-state index contributed by atoms with van der Waals surface area (Å²) in [6.45, 7) is 0. The fourth-order valence-corrected chi connectivity index (χ4v) is 2.64. The number of carboxylic acids is 1. The molecule has 9 heteroatoms. The standard InChI is InChI=1S/C18H13N3O6/c1-20-15-7-6-13(21(26)27)8-11(15)9-14(17(20)23)16(22)19-12-4-2-10(3-5-12)18(24)25/h2-9H,1H3,(H,19,22)(H,24,25). The van der Waals surface area contributed by atoms with E-state index >= 15 is 0 Å². The Morgan fingerprint density at radius 2 is 1.78 bits per heavy atom. The number of carboxylic acid groups (broad SMARTS) is 1. The maximum absolute atomic E-state index is 12.5. The van der Waals surface area contributed by atoms with Gasteiger partial charge in [-0.3, -0.25) is 19.7 Å². The minimum absolute atomic E-state index is 0.0573. The van der Waals surface area contributed by atoms with Gasteiger partial charge in [-0.05, 0) is 36.4 Å². The van der Waals surface area contributed by atoms with E-state index in [4.69, 9.17) is 5.11 Å². The Morgan fingerprint density at radius 3 is 2.37 bits per heavy atom. The first-order chi connectivity index (χ1) is 12.8. The first kappa shape index (κ1) is 17.8. The smallest absolute Gasteiger partial charge is 0.335 e. The summed E-state index contributed by atoms with van der Waals surface area (Å²) in [5.41, 5.74) is -0.0818. The Morgan fingerprint density at radius 1 is 1.11 bits per heavy atom. The van der Waals surface area contributed by atoms with Crippen molar-refractivity contribution in [1.82, 2.24) is 4.57 Å². The van der Waals surface area contributed by atoms with Crippen molar-refractivity contribution in [2.45, 2.75) is 0 Å². The Hall–Kier alpha value is -4.01. The molecule has 0 bridgehead atoms. The van der Waals surface area contributed by atoms with E-state index in [2.05, 4.69) is 5.32 Å². The van der Waals surface area contributed by atoms with E-state index in [1.54, 1.807) is 0 Å². The van der Waals surface area contributed by atoms with Crippen LogP contribution in [0.15, 0.2) is 53.3 Å². The number of non-ortho nitro benzene ring substituents is 1. The number of nitro groups is 1. The number of aromatic carboxylic acids is 1. The topological polar surface area (TPSA) is 132 Å². The van der Waals surface area contributed by atoms with Crippen LogP contribution in [0.3, 0.4) is 0 Å². The maximum Gasteiger partial charge on any atom is 0.335 e. The molecule has 0 radical (unpaired) electrons. The molecule has 3 rings (SSSR count). The van der Waals surface area contributed by atoms with Crippen molar-refractivity contribution in [3.8, 4) is 0 Å². The van der Waals surface area contributed by atoms with E-state index in [9.17, 15) is 24.5 Å². The summed E-state index contributed by atoms with van der Waals surface area (Å²) in [4.78, 5) is 46.2. The zero-order valence-electron chi connectivity index (χ0n) is 14.0. The van der Waals surface area contributed by atoms with E-state index < -0.39 is 22.4 Å². The molecule has 0 fully saturated rings. The number of nitrogens with zero attached hydrogens (tertiary/aromatic N) is 2. The van der Waals surface area contributed by atoms with Crippen molar-refractivity contribution >= 4 is 34.2 Å². The molecule has 0 aliphatic heterocycles. The van der Waals surface area contributed by atoms with Gasteiger partial charge in [0.1, 0.15) is 5.56 Å². The molecule has 1 amide bonds. The van der Waals surface area contributed by atoms with Gasteiger partial charge in [-0.1, -0.05) is 0 Å². The van der Waals surface area contributed by atoms with Crippen molar-refractivity contribution in [2.75, 3.05) is 5.32 Å². The van der Waals surface area contributed by atoms with Gasteiger partial charge in [0.05, 0.1) is 16.0 Å². The molecule has 0 aliphatic rings. The summed E-state index contributed by atoms with van der Waals surface area (Å²) >= 11 is 0. The third kappa shape index (κ3) is 3.38. The molecule has 0 aliphatic carbocycles. The Kier molecular flexibility index (Phi) is 4.43. The van der Waals surface area contributed by atoms with E-state index in [-0.39, 0.29) is 16.8 Å². The van der Waals surface area contributed by atoms with Gasteiger partial charge in [0, 0.05) is 30.3 Å². The quantitative estimate of drug-likeness (QED) is 0.537. The van der Waals surface area contributed by atoms with Crippen molar-refractivity contribution in [3.05, 3.63) is 80.1 Å². The van der Waals surface area contributed by atoms with Crippen LogP contribution in [0.2, 0.25) is 0 Å². The first-order valence-corrected chi connectivity index (χ1v) is 7.71. The van der Waals surface area contributed by atoms with Gasteiger partial charge >= 0.3 is 5.97 Å². The van der Waals surface area contributed by atoms with E-state index in [1.807, 2.05) is 0 Å². The summed E-state index contributed by atoms with van der Waals surface area (Å²) in [6, 6.07) is 10.8. The molecule has 0 saturated heterocycles. The van der Waals surface area contributed by atoms with Gasteiger partial charge in [0.15, 0.2) is 0 Å². The largest absolute Gasteiger partial charge is 0.478 e. The number of pyridine rings is 1. The molecular weight excluding hydrogens is 354 g/mol. The second kappa shape index (κ2) is 6.71. The normalized spacial score (nSPS) is 10.6. The van der Waals surface area contributed by atoms with Gasteiger partial charge in [-0.25, -0.2) is 4.79 Å². The monoisotopic (exact) mass is 367 g/mol. The zero-order chi connectivity index (χ0) is 19.7. The number of aryl methyl sites for hydroxylation is 1. The van der Waals surface area contributed by atoms with Gasteiger partial charge in [0.2, 0.25) is 0 Å². The van der Waals surface area contributed by atoms with Gasteiger partial charge in [0.25, 0.3) is 17.2 Å². The highest BCUT2D eigenvalue weighted by molar-refractivity contribution is 6.06. The summed E-state index contributed by atoms with van der Waals surface area (Å²) in [5, 5.41) is 22.7. The number of nitrogens with one attached hydrogen (secondary N) is 1. The van der Waals surface area contributed by atoms with Crippen molar-refractivity contribution in [1.29, 1.82) is 0 Å². The van der Waals surface area contributed by atoms with Crippen molar-refractivity contribution in [3.63, 3.8) is 0 Å². The van der Waals surface area contributed by atoms with E-state index in [0.717, 1.165) is 0 Å². The van der Waals surface area contributed by atoms with E-state index in [0.29, 0.717) is 16.6 Å². The predicted molar refractivity (Wildman–Crippen MR) is 97.2 cm³/mol. The fraction of sp³-hybridized carbons (Fsp3) is 0.0556. The SMILES string of the molecule is Cn1c(=O)c(C(=O)Nc2ccc(C(=O)O)cc2)cc2cc([N+](=O)[O-])ccc21. The van der Waals surface area contributed by atoms with Crippen LogP contribution in [0.5, 0.6) is 0 Å². The number of rotatable bonds is 4. The predicted octanol–water partition coefficient (Wildman–Crippen LogP) is 2.40. The van der Waals surface area contributed by atoms with Gasteiger partial charge in [-0.15, -0.1) is 0 Å². The highest BCUT2D eigenvalue weighted by Crippen LogP contribution is 2.20. The van der Waals surface area contributed by atoms with Crippen LogP contribution in [0, 0.1) is 10.1 Å². The number of carbonyl (C=O) groups is 2. The minimum Gasteiger partial charge on any atom is -0.478 e. The molecule has 2 aromatic carbocycles. The van der Waals surface area contributed by atoms with Crippen molar-refractivity contribution < 1.29 is 19.6 Å². The number of fused-ring (bicyclic) bond motifs is 1. The lowest BCUT2D eigenvalue weighted by atomic mass is 10.1. The molecule has 3 aromatic rings. The lowest BCUT2D eigenvalue weighted by Crippen LogP contribution is -2.27. The third-order valence-corrected chi connectivity index (χ3v) is 4.05. The number of hydrogen-bond donors (Lipinski definition) is 2. The van der Waals surface area contributed by atoms with Crippen LogP contribution < -0.4 is 10.9 Å². The number of aromatic nitrogens is 1. The second-order valence-electron chi connectivity index (χ2n) is 5.76. The van der Waals surface area contributed by atoms with E-state index in [1.165, 1.54) is 60.1 Å². The van der Waals surface area contributed by atoms with Crippen LogP contribution in [0.25, 0.3) is 10.9 Å². The Balaban J connectivity index is 2.00. The summed E-state index contributed by atoms with van der Waals surface area (Å²) in [7, 11) is 1.47. The number of carbonyl (C=O) groups excluding carboxylic acids is 1. The Bertz CT molecular complexity index is 1150. The molecule has 2 N–H and O–H groups in total. The molecule has 0 saturated carbocycles. The molecule has 0 spiro atoms. The van der Waals surface area contributed by atoms with Crippen LogP contribution in [0.1, 0.15) is 20.7 Å². The van der Waals surface area contributed by atoms with Gasteiger partial charge < -0.3 is 15.0 Å². The van der Waals surface area contributed by atoms with Gasteiger partial charge in [-0.2, -0.15) is 0 Å². The molecule has 27 heavy (non-hydrogen) atoms. The average Bonchev–Trinajstić information content (AvgIpc) is 2.64. The zero-order valence-corrected chi connectivity index (χ0v) is 14.0. The van der Waals surface area contributed by atoms with Crippen LogP contribution in [-0.2, 0) is 7.05 Å². The highest BCUT2D eigenvalue weighted by Gasteiger charge is 2.16. The minimum atomic E-state index is -1.10. The summed E-state index contributed by atoms with van der Waals surface area (Å²) < 4.78 is 1.24. The molecular formula is C18H13N3O6. The van der Waals surface area contributed by atoms with Crippen LogP contribution >= 0.6 is 0 Å². The molecule has 9 nitrogen and oxygen atoms in total. The molecule has 136 valence electrons. The molecule has 0 atom stereocenters. The second-order valence-corrected chi connectivity index (χ2v) is 5.76. The number of anilines is 1. The lowest BCUT2D eigenvalue weighted by molar-refractivity contribution is -0.384. The number of amides is 1. The third-order valence-electron chi connectivity index (χ3n) is 4.05. The first-order valence-electron chi connectivity index (χ1n) is 7.71. The highest BCUT2D eigenvalue weighted by atomic mass is 16.6. The van der Waals surface area contributed by atoms with Crippen LogP contribution in [-0.4, -0.2) is 26.5 Å². The van der Waals surface area contributed by atoms with Crippen molar-refractivity contribution in [2.24, 2.45) is 7.05 Å². The average molecular weight is 367 g/mol. The number of nitro benzene ring substituents is 1. The maximum atomic E-state index is 12.5. The lowest BCUT2D eigenvalue weighted by Gasteiger charge is -2.09. The van der Waals surface area contributed by atoms with Crippen LogP contribution in [0.4, 0.5) is 11.4 Å². The molecule has 1 aromatic heterocycles. The number of benzene rings is 2. The Labute approximate surface area is 151 Å². The summed E-state index contributed by atoms with van der Waals surface area (Å²) in [6.07, 6.45) is 0. The molecule has 1 heterocycles. The fourth-order valence-electron chi connectivity index (χ4n) is 2.64.